The molecule has 0 aliphatic carbocycles. The van der Waals surface area contributed by atoms with E-state index in [0.717, 1.165) is 5.56 Å². The van der Waals surface area contributed by atoms with Gasteiger partial charge in [0.1, 0.15) is 6.04 Å². The molecule has 0 aromatic heterocycles. The smallest absolute Gasteiger partial charge is 0.326 e. The van der Waals surface area contributed by atoms with E-state index in [9.17, 15) is 9.59 Å². The zero-order valence-corrected chi connectivity index (χ0v) is 10.9. The fourth-order valence-electron chi connectivity index (χ4n) is 1.43. The monoisotopic (exact) mass is 286 g/mol. The lowest BCUT2D eigenvalue weighted by atomic mass is 10.2. The molecule has 0 fully saturated rings. The van der Waals surface area contributed by atoms with Gasteiger partial charge in [0.25, 0.3) is 0 Å². The summed E-state index contributed by atoms with van der Waals surface area (Å²) in [6.07, 6.45) is -0.0417. The Morgan fingerprint density at radius 2 is 2.11 bits per heavy atom. The molecule has 0 saturated heterocycles. The number of benzene rings is 1. The third-order valence-corrected chi connectivity index (χ3v) is 2.60. The highest BCUT2D eigenvalue weighted by Gasteiger charge is 2.18. The van der Waals surface area contributed by atoms with Crippen LogP contribution in [0.25, 0.3) is 0 Å². The Labute approximate surface area is 115 Å². The number of carbonyl (C=O) groups excluding carboxylic acids is 1. The first kappa shape index (κ1) is 15.3. The van der Waals surface area contributed by atoms with Crippen molar-refractivity contribution in [1.29, 1.82) is 0 Å². The maximum atomic E-state index is 11.5. The van der Waals surface area contributed by atoms with Crippen LogP contribution >= 0.6 is 11.6 Å². The lowest BCUT2D eigenvalue weighted by Crippen LogP contribution is -2.46. The van der Waals surface area contributed by atoms with Crippen LogP contribution in [0.3, 0.4) is 0 Å². The van der Waals surface area contributed by atoms with E-state index < -0.39 is 18.0 Å². The van der Waals surface area contributed by atoms with E-state index in [1.807, 2.05) is 0 Å². The first-order valence-electron chi connectivity index (χ1n) is 5.65. The van der Waals surface area contributed by atoms with E-state index >= 15 is 0 Å². The molecule has 4 N–H and O–H groups in total. The van der Waals surface area contributed by atoms with Crippen molar-refractivity contribution in [2.75, 3.05) is 6.61 Å². The maximum absolute atomic E-state index is 11.5. The quantitative estimate of drug-likeness (QED) is 0.626. The SMILES string of the molecule is O=C(NCc1cccc(Cl)c1)N[C@@H](CCO)C(=O)O. The van der Waals surface area contributed by atoms with Crippen molar-refractivity contribution in [2.24, 2.45) is 0 Å². The summed E-state index contributed by atoms with van der Waals surface area (Å²) in [4.78, 5) is 22.3. The number of nitrogens with one attached hydrogen (secondary N) is 2. The molecular formula is C12H15ClN2O4. The van der Waals surface area contributed by atoms with Crippen LogP contribution < -0.4 is 10.6 Å². The molecule has 0 aliphatic rings. The van der Waals surface area contributed by atoms with Crippen molar-refractivity contribution < 1.29 is 19.8 Å². The van der Waals surface area contributed by atoms with Crippen molar-refractivity contribution in [2.45, 2.75) is 19.0 Å². The van der Waals surface area contributed by atoms with Gasteiger partial charge in [0.15, 0.2) is 0 Å². The van der Waals surface area contributed by atoms with Crippen LogP contribution in [0.15, 0.2) is 24.3 Å². The lowest BCUT2D eigenvalue weighted by molar-refractivity contribution is -0.139. The predicted molar refractivity (Wildman–Crippen MR) is 70.0 cm³/mol. The van der Waals surface area contributed by atoms with Crippen molar-refractivity contribution in [3.63, 3.8) is 0 Å². The minimum absolute atomic E-state index is 0.0417. The number of aliphatic hydroxyl groups is 1. The number of carboxylic acids is 1. The second-order valence-electron chi connectivity index (χ2n) is 3.86. The minimum atomic E-state index is -1.19. The number of aliphatic carboxylic acids is 1. The number of carbonyl (C=O) groups is 2. The number of aliphatic hydroxyl groups excluding tert-OH is 1. The summed E-state index contributed by atoms with van der Waals surface area (Å²) >= 11 is 5.79. The largest absolute Gasteiger partial charge is 0.480 e. The van der Waals surface area contributed by atoms with Gasteiger partial charge in [-0.3, -0.25) is 0 Å². The molecule has 19 heavy (non-hydrogen) atoms. The average Bonchev–Trinajstić information content (AvgIpc) is 2.36. The Morgan fingerprint density at radius 3 is 2.68 bits per heavy atom. The number of hydrogen-bond donors (Lipinski definition) is 4. The zero-order valence-electron chi connectivity index (χ0n) is 10.1. The minimum Gasteiger partial charge on any atom is -0.480 e. The van der Waals surface area contributed by atoms with Gasteiger partial charge in [-0.1, -0.05) is 23.7 Å². The highest BCUT2D eigenvalue weighted by atomic mass is 35.5. The van der Waals surface area contributed by atoms with Gasteiger partial charge in [0.05, 0.1) is 0 Å². The maximum Gasteiger partial charge on any atom is 0.326 e. The fraction of sp³-hybridized carbons (Fsp3) is 0.333. The first-order valence-corrected chi connectivity index (χ1v) is 6.03. The summed E-state index contributed by atoms with van der Waals surface area (Å²) < 4.78 is 0. The summed E-state index contributed by atoms with van der Waals surface area (Å²) in [6.45, 7) is -0.0800. The molecule has 0 radical (unpaired) electrons. The van der Waals surface area contributed by atoms with Gasteiger partial charge in [-0.15, -0.1) is 0 Å². The van der Waals surface area contributed by atoms with Gasteiger partial charge in [-0.2, -0.15) is 0 Å². The van der Waals surface area contributed by atoms with E-state index in [1.165, 1.54) is 0 Å². The van der Waals surface area contributed by atoms with Gasteiger partial charge in [0, 0.05) is 24.6 Å². The molecule has 104 valence electrons. The Balaban J connectivity index is 2.44. The Kier molecular flexibility index (Phi) is 6.11. The van der Waals surface area contributed by atoms with E-state index in [4.69, 9.17) is 21.8 Å². The normalized spacial score (nSPS) is 11.7. The molecule has 2 amide bonds. The summed E-state index contributed by atoms with van der Waals surface area (Å²) in [5.41, 5.74) is 0.802. The lowest BCUT2D eigenvalue weighted by Gasteiger charge is -2.14. The summed E-state index contributed by atoms with van der Waals surface area (Å²) in [5, 5.41) is 22.8. The van der Waals surface area contributed by atoms with Crippen LogP contribution in [0.4, 0.5) is 4.79 Å². The average molecular weight is 287 g/mol. The van der Waals surface area contributed by atoms with E-state index in [1.54, 1.807) is 24.3 Å². The van der Waals surface area contributed by atoms with Crippen LogP contribution in [0.5, 0.6) is 0 Å². The van der Waals surface area contributed by atoms with Crippen molar-refractivity contribution in [3.8, 4) is 0 Å². The molecule has 1 aromatic carbocycles. The number of amides is 2. The van der Waals surface area contributed by atoms with Crippen molar-refractivity contribution in [3.05, 3.63) is 34.9 Å². The number of urea groups is 1. The van der Waals surface area contributed by atoms with Crippen molar-refractivity contribution >= 4 is 23.6 Å². The molecule has 0 aliphatic heterocycles. The zero-order chi connectivity index (χ0) is 14.3. The molecule has 1 atom stereocenters. The van der Waals surface area contributed by atoms with Gasteiger partial charge in [-0.25, -0.2) is 9.59 Å². The van der Waals surface area contributed by atoms with Gasteiger partial charge in [-0.05, 0) is 17.7 Å². The van der Waals surface area contributed by atoms with Crippen molar-refractivity contribution in [1.82, 2.24) is 10.6 Å². The third kappa shape index (κ3) is 5.58. The summed E-state index contributed by atoms with van der Waals surface area (Å²) in [6, 6.07) is 5.24. The molecule has 6 nitrogen and oxygen atoms in total. The van der Waals surface area contributed by atoms with Gasteiger partial charge < -0.3 is 20.8 Å². The first-order chi connectivity index (χ1) is 9.02. The number of hydrogen-bond acceptors (Lipinski definition) is 3. The number of rotatable bonds is 6. The molecule has 1 aromatic rings. The third-order valence-electron chi connectivity index (χ3n) is 2.36. The topological polar surface area (TPSA) is 98.7 Å². The van der Waals surface area contributed by atoms with E-state index in [0.29, 0.717) is 5.02 Å². The molecule has 0 unspecified atom stereocenters. The van der Waals surface area contributed by atoms with Gasteiger partial charge in [0.2, 0.25) is 0 Å². The molecule has 0 saturated carbocycles. The predicted octanol–water partition coefficient (Wildman–Crippen LogP) is 0.975. The Hall–Kier alpha value is -1.79. The van der Waals surface area contributed by atoms with Crippen LogP contribution in [0, 0.1) is 0 Å². The van der Waals surface area contributed by atoms with E-state index in [2.05, 4.69) is 10.6 Å². The Bertz CT molecular complexity index is 453. The summed E-state index contributed by atoms with van der Waals surface area (Å²) in [5.74, 6) is -1.19. The van der Waals surface area contributed by atoms with E-state index in [-0.39, 0.29) is 19.6 Å². The molecule has 0 heterocycles. The van der Waals surface area contributed by atoms with Crippen LogP contribution in [-0.4, -0.2) is 34.9 Å². The fourth-order valence-corrected chi connectivity index (χ4v) is 1.64. The van der Waals surface area contributed by atoms with Gasteiger partial charge >= 0.3 is 12.0 Å². The highest BCUT2D eigenvalue weighted by molar-refractivity contribution is 6.30. The second kappa shape index (κ2) is 7.60. The number of halogens is 1. The molecule has 1 rings (SSSR count). The standard InChI is InChI=1S/C12H15ClN2O4/c13-9-3-1-2-8(6-9)7-14-12(19)15-10(4-5-16)11(17)18/h1-3,6,10,16H,4-5,7H2,(H,17,18)(H2,14,15,19)/t10-/m0/s1. The van der Waals surface area contributed by atoms with Crippen LogP contribution in [0.2, 0.25) is 5.02 Å². The molecular weight excluding hydrogens is 272 g/mol. The van der Waals surface area contributed by atoms with Crippen LogP contribution in [0.1, 0.15) is 12.0 Å². The molecule has 0 bridgehead atoms. The Morgan fingerprint density at radius 1 is 1.37 bits per heavy atom. The molecule has 7 heteroatoms. The molecule has 0 spiro atoms. The second-order valence-corrected chi connectivity index (χ2v) is 4.30. The summed E-state index contributed by atoms with van der Waals surface area (Å²) in [7, 11) is 0. The number of carboxylic acid groups (broad SMARTS) is 1. The highest BCUT2D eigenvalue weighted by Crippen LogP contribution is 2.10. The van der Waals surface area contributed by atoms with Crippen LogP contribution in [-0.2, 0) is 11.3 Å².